The Kier molecular flexibility index (Phi) is 8.64. The zero-order valence-electron chi connectivity index (χ0n) is 21.4. The smallest absolute Gasteiger partial charge is 0.416 e. The molecule has 1 fully saturated rings. The maximum Gasteiger partial charge on any atom is 0.416 e. The van der Waals surface area contributed by atoms with Crippen LogP contribution >= 0.6 is 12.4 Å². The van der Waals surface area contributed by atoms with Crippen LogP contribution in [-0.4, -0.2) is 79.0 Å². The Hall–Kier alpha value is -3.32. The SMILES string of the molecule is CS(=O)(=O)N1CCN(CCOc2ccc3c(c2)C(=O)C(c2cncnc2)=C3c2ccc(C(F)(F)F)cc2)CC1.Cl. The van der Waals surface area contributed by atoms with Crippen molar-refractivity contribution in [2.24, 2.45) is 0 Å². The number of halogens is 4. The number of hydrogen-bond acceptors (Lipinski definition) is 7. The van der Waals surface area contributed by atoms with E-state index < -0.39 is 21.8 Å². The molecule has 1 saturated heterocycles. The number of ketones is 1. The summed E-state index contributed by atoms with van der Waals surface area (Å²) in [4.78, 5) is 23.7. The van der Waals surface area contributed by atoms with E-state index in [4.69, 9.17) is 4.74 Å². The molecule has 40 heavy (non-hydrogen) atoms. The zero-order chi connectivity index (χ0) is 27.8. The average molecular weight is 595 g/mol. The number of hydrogen-bond donors (Lipinski definition) is 0. The largest absolute Gasteiger partial charge is 0.492 e. The number of Topliss-reactive ketones (excluding diaryl/α,β-unsaturated/α-hetero) is 1. The van der Waals surface area contributed by atoms with E-state index in [1.165, 1.54) is 41.4 Å². The van der Waals surface area contributed by atoms with Gasteiger partial charge in [0.2, 0.25) is 10.0 Å². The predicted molar refractivity (Wildman–Crippen MR) is 146 cm³/mol. The molecule has 0 N–H and O–H groups in total. The van der Waals surface area contributed by atoms with Gasteiger partial charge in [-0.25, -0.2) is 18.4 Å². The van der Waals surface area contributed by atoms with E-state index >= 15 is 0 Å². The molecule has 5 rings (SSSR count). The highest BCUT2D eigenvalue weighted by Gasteiger charge is 2.34. The second kappa shape index (κ2) is 11.7. The first kappa shape index (κ1) is 29.7. The van der Waals surface area contributed by atoms with Gasteiger partial charge in [-0.1, -0.05) is 12.1 Å². The second-order valence-electron chi connectivity index (χ2n) is 9.34. The molecule has 0 atom stereocenters. The number of ether oxygens (including phenoxy) is 1. The molecule has 0 amide bonds. The molecule has 1 aliphatic heterocycles. The number of sulfonamides is 1. The highest BCUT2D eigenvalue weighted by Crippen LogP contribution is 2.43. The van der Waals surface area contributed by atoms with Gasteiger partial charge in [0.1, 0.15) is 18.7 Å². The molecule has 3 aromatic rings. The molecule has 1 aliphatic carbocycles. The normalized spacial score (nSPS) is 16.6. The number of rotatable bonds is 7. The summed E-state index contributed by atoms with van der Waals surface area (Å²) < 4.78 is 70.2. The Morgan fingerprint density at radius 3 is 2.15 bits per heavy atom. The quantitative estimate of drug-likeness (QED) is 0.408. The van der Waals surface area contributed by atoms with E-state index in [1.54, 1.807) is 18.2 Å². The summed E-state index contributed by atoms with van der Waals surface area (Å²) in [5.41, 5.74) is 1.94. The van der Waals surface area contributed by atoms with Crippen molar-refractivity contribution in [1.29, 1.82) is 0 Å². The molecule has 212 valence electrons. The second-order valence-corrected chi connectivity index (χ2v) is 11.3. The molecule has 0 saturated carbocycles. The minimum Gasteiger partial charge on any atom is -0.492 e. The Labute approximate surface area is 236 Å². The number of benzene rings is 2. The van der Waals surface area contributed by atoms with Crippen molar-refractivity contribution in [1.82, 2.24) is 19.2 Å². The Balaban J connectivity index is 0.00000370. The third-order valence-electron chi connectivity index (χ3n) is 6.81. The van der Waals surface area contributed by atoms with Gasteiger partial charge in [0.05, 0.1) is 11.8 Å². The lowest BCUT2D eigenvalue weighted by molar-refractivity contribution is -0.137. The summed E-state index contributed by atoms with van der Waals surface area (Å²) in [6.45, 7) is 2.98. The van der Waals surface area contributed by atoms with Gasteiger partial charge < -0.3 is 4.74 Å². The van der Waals surface area contributed by atoms with Crippen LogP contribution in [0.15, 0.2) is 61.2 Å². The van der Waals surface area contributed by atoms with Crippen molar-refractivity contribution >= 4 is 39.4 Å². The first-order valence-electron chi connectivity index (χ1n) is 12.2. The number of fused-ring (bicyclic) bond motifs is 1. The van der Waals surface area contributed by atoms with E-state index in [0.717, 1.165) is 12.1 Å². The predicted octanol–water partition coefficient (Wildman–Crippen LogP) is 4.03. The summed E-state index contributed by atoms with van der Waals surface area (Å²) in [6, 6.07) is 9.81. The Morgan fingerprint density at radius 2 is 1.55 bits per heavy atom. The fourth-order valence-corrected chi connectivity index (χ4v) is 5.64. The molecular weight excluding hydrogens is 569 g/mol. The van der Waals surface area contributed by atoms with Crippen LogP contribution in [0.1, 0.15) is 32.6 Å². The van der Waals surface area contributed by atoms with Crippen LogP contribution in [0.2, 0.25) is 0 Å². The van der Waals surface area contributed by atoms with Crippen molar-refractivity contribution in [3.8, 4) is 5.75 Å². The minimum atomic E-state index is -4.47. The van der Waals surface area contributed by atoms with Crippen molar-refractivity contribution in [2.45, 2.75) is 6.18 Å². The first-order valence-corrected chi connectivity index (χ1v) is 14.0. The number of piperazine rings is 1. The number of carbonyl (C=O) groups is 1. The lowest BCUT2D eigenvalue weighted by Gasteiger charge is -2.33. The fraction of sp³-hybridized carbons (Fsp3) is 0.296. The van der Waals surface area contributed by atoms with Crippen LogP contribution < -0.4 is 4.74 Å². The molecule has 2 aliphatic rings. The van der Waals surface area contributed by atoms with E-state index in [9.17, 15) is 26.4 Å². The lowest BCUT2D eigenvalue weighted by Crippen LogP contribution is -2.49. The minimum absolute atomic E-state index is 0. The van der Waals surface area contributed by atoms with Gasteiger partial charge in [0, 0.05) is 67.4 Å². The van der Waals surface area contributed by atoms with Crippen LogP contribution in [0.3, 0.4) is 0 Å². The molecule has 0 bridgehead atoms. The summed E-state index contributed by atoms with van der Waals surface area (Å²) in [5.74, 6) is 0.186. The van der Waals surface area contributed by atoms with Crippen molar-refractivity contribution < 1.29 is 31.1 Å². The van der Waals surface area contributed by atoms with Crippen LogP contribution in [0.5, 0.6) is 5.75 Å². The maximum atomic E-state index is 13.6. The van der Waals surface area contributed by atoms with Gasteiger partial charge >= 0.3 is 6.18 Å². The molecule has 2 heterocycles. The van der Waals surface area contributed by atoms with E-state index in [2.05, 4.69) is 14.9 Å². The maximum absolute atomic E-state index is 13.6. The van der Waals surface area contributed by atoms with Gasteiger partial charge in [0.25, 0.3) is 0 Å². The van der Waals surface area contributed by atoms with Crippen LogP contribution in [-0.2, 0) is 16.2 Å². The summed E-state index contributed by atoms with van der Waals surface area (Å²) in [7, 11) is -3.20. The molecule has 0 unspecified atom stereocenters. The van der Waals surface area contributed by atoms with Crippen LogP contribution in [0.4, 0.5) is 13.2 Å². The number of allylic oxidation sites excluding steroid dienone is 1. The summed E-state index contributed by atoms with van der Waals surface area (Å²) in [5, 5.41) is 0. The highest BCUT2D eigenvalue weighted by molar-refractivity contribution is 7.88. The van der Waals surface area contributed by atoms with Crippen molar-refractivity contribution in [2.75, 3.05) is 45.6 Å². The molecule has 8 nitrogen and oxygen atoms in total. The highest BCUT2D eigenvalue weighted by atomic mass is 35.5. The average Bonchev–Trinajstić information content (AvgIpc) is 3.20. The number of carbonyl (C=O) groups excluding carboxylic acids is 1. The molecule has 0 radical (unpaired) electrons. The monoisotopic (exact) mass is 594 g/mol. The van der Waals surface area contributed by atoms with Gasteiger partial charge in [-0.2, -0.15) is 17.5 Å². The molecule has 13 heteroatoms. The molecule has 1 aromatic heterocycles. The Bertz CT molecular complexity index is 1520. The molecule has 0 spiro atoms. The molecular formula is C27H26ClF3N4O4S. The Morgan fingerprint density at radius 1 is 0.900 bits per heavy atom. The van der Waals surface area contributed by atoms with E-state index in [1.807, 2.05) is 0 Å². The van der Waals surface area contributed by atoms with Gasteiger partial charge in [-0.3, -0.25) is 9.69 Å². The number of alkyl halides is 3. The zero-order valence-corrected chi connectivity index (χ0v) is 23.0. The fourth-order valence-electron chi connectivity index (χ4n) is 4.81. The van der Waals surface area contributed by atoms with Crippen molar-refractivity contribution in [3.63, 3.8) is 0 Å². The number of aromatic nitrogens is 2. The van der Waals surface area contributed by atoms with Gasteiger partial charge in [0.15, 0.2) is 5.78 Å². The van der Waals surface area contributed by atoms with Crippen LogP contribution in [0.25, 0.3) is 11.1 Å². The summed E-state index contributed by atoms with van der Waals surface area (Å²) in [6.07, 6.45) is 1.06. The lowest BCUT2D eigenvalue weighted by atomic mass is 9.94. The topological polar surface area (TPSA) is 92.7 Å². The van der Waals surface area contributed by atoms with Gasteiger partial charge in [-0.05, 0) is 41.5 Å². The first-order chi connectivity index (χ1) is 18.5. The summed E-state index contributed by atoms with van der Waals surface area (Å²) >= 11 is 0. The third kappa shape index (κ3) is 6.20. The van der Waals surface area contributed by atoms with Gasteiger partial charge in [-0.15, -0.1) is 12.4 Å². The van der Waals surface area contributed by atoms with Crippen LogP contribution in [0, 0.1) is 0 Å². The molecule has 2 aromatic carbocycles. The van der Waals surface area contributed by atoms with E-state index in [-0.39, 0.29) is 18.2 Å². The standard InChI is InChI=1S/C27H25F3N4O4S.ClH/c1-39(36,37)34-10-8-33(9-11-34)12-13-38-21-6-7-22-23(14-21)26(35)25(19-15-31-17-32-16-19)24(22)18-2-4-20(5-3-18)27(28,29)30;/h2-7,14-17H,8-13H2,1H3;1H. The van der Waals surface area contributed by atoms with Crippen molar-refractivity contribution in [3.05, 3.63) is 89.0 Å². The number of nitrogens with zero attached hydrogens (tertiary/aromatic N) is 4. The third-order valence-corrected chi connectivity index (χ3v) is 8.11. The van der Waals surface area contributed by atoms with E-state index in [0.29, 0.717) is 78.5 Å².